The SMILES string of the molecule is CC[C@H]1[C@@H](O[Si](C)(C)C)[C@@H]2[C@H](CC[C@]3(C)[C@@H]([C@H](C)CCC(=O)N4C(=O)OC[C@@H]4Cc4ccccc4)CC[C@@H]23)[C@@]2(C)CC[C@@H](C)C[C@@H]12. The summed E-state index contributed by atoms with van der Waals surface area (Å²) < 4.78 is 12.8. The van der Waals surface area contributed by atoms with Gasteiger partial charge >= 0.3 is 6.09 Å². The second-order valence-corrected chi connectivity index (χ2v) is 22.4. The number of ether oxygens (including phenoxy) is 1. The summed E-state index contributed by atoms with van der Waals surface area (Å²) in [5, 5.41) is 0. The molecule has 256 valence electrons. The zero-order chi connectivity index (χ0) is 33.0. The first kappa shape index (κ1) is 34.2. The molecule has 1 aromatic rings. The first-order chi connectivity index (χ1) is 21.8. The molecule has 1 aliphatic heterocycles. The normalized spacial score (nSPS) is 41.3. The molecule has 12 atom stereocenters. The molecule has 0 unspecified atom stereocenters. The predicted octanol–water partition coefficient (Wildman–Crippen LogP) is 9.75. The third-order valence-electron chi connectivity index (χ3n) is 14.3. The molecular formula is C40H63NO4Si. The van der Waals surface area contributed by atoms with Gasteiger partial charge in [-0.1, -0.05) is 77.8 Å². The zero-order valence-electron chi connectivity index (χ0n) is 30.2. The van der Waals surface area contributed by atoms with Crippen LogP contribution in [0, 0.1) is 58.2 Å². The van der Waals surface area contributed by atoms with Crippen LogP contribution in [0.15, 0.2) is 30.3 Å². The first-order valence-electron chi connectivity index (χ1n) is 19.0. The standard InChI is InChI=1S/C40H63NO4Si/c1-9-30-34-23-26(2)19-21-40(34,5)33-20-22-39(4)31(16-17-32(39)36(33)37(30)45-46(6,7)8)27(3)15-18-35(42)41-29(25-44-38(41)43)24-28-13-11-10-12-14-28/h10-14,26-27,29-34,36-37H,9,15-25H2,1-8H3/t26-,27-,29+,30-,31-,32+,33+,34+,36+,37-,39-,40-/m1/s1. The number of hydrogen-bond donors (Lipinski definition) is 0. The lowest BCUT2D eigenvalue weighted by Gasteiger charge is -2.66. The molecular weight excluding hydrogens is 587 g/mol. The summed E-state index contributed by atoms with van der Waals surface area (Å²) in [6, 6.07) is 9.91. The van der Waals surface area contributed by atoms with Crippen LogP contribution in [0.1, 0.15) is 104 Å². The van der Waals surface area contributed by atoms with E-state index in [4.69, 9.17) is 9.16 Å². The van der Waals surface area contributed by atoms with Crippen LogP contribution in [0.3, 0.4) is 0 Å². The van der Waals surface area contributed by atoms with Gasteiger partial charge in [-0.15, -0.1) is 0 Å². The molecule has 4 saturated carbocycles. The topological polar surface area (TPSA) is 55.8 Å². The monoisotopic (exact) mass is 649 g/mol. The van der Waals surface area contributed by atoms with Gasteiger partial charge in [0, 0.05) is 6.42 Å². The lowest BCUT2D eigenvalue weighted by atomic mass is 9.41. The van der Waals surface area contributed by atoms with Gasteiger partial charge in [-0.2, -0.15) is 0 Å². The van der Waals surface area contributed by atoms with Crippen LogP contribution in [0.2, 0.25) is 19.6 Å². The van der Waals surface area contributed by atoms with Crippen LogP contribution in [-0.2, 0) is 20.4 Å². The van der Waals surface area contributed by atoms with E-state index in [1.165, 1.54) is 56.3 Å². The predicted molar refractivity (Wildman–Crippen MR) is 188 cm³/mol. The van der Waals surface area contributed by atoms with Gasteiger partial charge in [-0.3, -0.25) is 4.79 Å². The number of hydrogen-bond acceptors (Lipinski definition) is 4. The Morgan fingerprint density at radius 1 is 1.02 bits per heavy atom. The zero-order valence-corrected chi connectivity index (χ0v) is 31.2. The Morgan fingerprint density at radius 3 is 2.41 bits per heavy atom. The Bertz CT molecular complexity index is 1250. The van der Waals surface area contributed by atoms with E-state index in [-0.39, 0.29) is 24.0 Å². The summed E-state index contributed by atoms with van der Waals surface area (Å²) in [7, 11) is -1.74. The number of imide groups is 1. The average molecular weight is 650 g/mol. The first-order valence-corrected chi connectivity index (χ1v) is 22.4. The van der Waals surface area contributed by atoms with Gasteiger partial charge in [0.25, 0.3) is 0 Å². The molecule has 1 saturated heterocycles. The van der Waals surface area contributed by atoms with Gasteiger partial charge in [0.1, 0.15) is 6.61 Å². The Kier molecular flexibility index (Phi) is 9.66. The number of carbonyl (C=O) groups excluding carboxylic acids is 2. The van der Waals surface area contributed by atoms with Crippen molar-refractivity contribution >= 4 is 20.3 Å². The maximum absolute atomic E-state index is 13.6. The largest absolute Gasteiger partial charge is 0.447 e. The third-order valence-corrected chi connectivity index (χ3v) is 15.2. The molecule has 0 N–H and O–H groups in total. The van der Waals surface area contributed by atoms with E-state index >= 15 is 0 Å². The van der Waals surface area contributed by atoms with Crippen molar-refractivity contribution < 1.29 is 18.8 Å². The molecule has 5 aliphatic rings. The Hall–Kier alpha value is -1.66. The quantitative estimate of drug-likeness (QED) is 0.250. The van der Waals surface area contributed by atoms with E-state index < -0.39 is 14.4 Å². The summed E-state index contributed by atoms with van der Waals surface area (Å²) in [6.45, 7) is 20.2. The fraction of sp³-hybridized carbons (Fsp3) is 0.800. The highest BCUT2D eigenvalue weighted by molar-refractivity contribution is 6.69. The van der Waals surface area contributed by atoms with Crippen LogP contribution in [0.4, 0.5) is 4.79 Å². The summed E-state index contributed by atoms with van der Waals surface area (Å²) in [6.07, 6.45) is 12.5. The molecule has 4 aliphatic carbocycles. The molecule has 6 heteroatoms. The van der Waals surface area contributed by atoms with E-state index in [0.29, 0.717) is 54.0 Å². The van der Waals surface area contributed by atoms with E-state index in [2.05, 4.69) is 66.4 Å². The van der Waals surface area contributed by atoms with Crippen molar-refractivity contribution in [3.63, 3.8) is 0 Å². The molecule has 0 spiro atoms. The van der Waals surface area contributed by atoms with Crippen molar-refractivity contribution in [2.45, 2.75) is 137 Å². The van der Waals surface area contributed by atoms with Gasteiger partial charge in [0.05, 0.1) is 12.1 Å². The van der Waals surface area contributed by atoms with Crippen LogP contribution in [0.5, 0.6) is 0 Å². The van der Waals surface area contributed by atoms with Gasteiger partial charge in [0.15, 0.2) is 8.32 Å². The van der Waals surface area contributed by atoms with Crippen molar-refractivity contribution in [1.29, 1.82) is 0 Å². The van der Waals surface area contributed by atoms with Crippen molar-refractivity contribution in [3.8, 4) is 0 Å². The molecule has 2 amide bonds. The molecule has 1 aromatic carbocycles. The van der Waals surface area contributed by atoms with Crippen molar-refractivity contribution in [1.82, 2.24) is 4.90 Å². The highest BCUT2D eigenvalue weighted by Crippen LogP contribution is 2.70. The number of rotatable bonds is 9. The van der Waals surface area contributed by atoms with Crippen molar-refractivity contribution in [2.24, 2.45) is 58.2 Å². The number of fused-ring (bicyclic) bond motifs is 5. The molecule has 5 fully saturated rings. The fourth-order valence-electron chi connectivity index (χ4n) is 12.2. The third kappa shape index (κ3) is 6.16. The van der Waals surface area contributed by atoms with Gasteiger partial charge in [-0.25, -0.2) is 9.69 Å². The van der Waals surface area contributed by atoms with E-state index in [0.717, 1.165) is 29.7 Å². The fourth-order valence-corrected chi connectivity index (χ4v) is 13.3. The lowest BCUT2D eigenvalue weighted by Crippen LogP contribution is -2.63. The summed E-state index contributed by atoms with van der Waals surface area (Å²) in [5.41, 5.74) is 1.86. The Morgan fingerprint density at radius 2 is 1.72 bits per heavy atom. The van der Waals surface area contributed by atoms with E-state index in [9.17, 15) is 9.59 Å². The van der Waals surface area contributed by atoms with Gasteiger partial charge < -0.3 is 9.16 Å². The second kappa shape index (κ2) is 13.0. The molecule has 5 nitrogen and oxygen atoms in total. The average Bonchev–Trinajstić information content (AvgIpc) is 3.55. The maximum Gasteiger partial charge on any atom is 0.416 e. The van der Waals surface area contributed by atoms with Crippen molar-refractivity contribution in [2.75, 3.05) is 6.61 Å². The summed E-state index contributed by atoms with van der Waals surface area (Å²) in [5.74, 6) is 5.41. The molecule has 46 heavy (non-hydrogen) atoms. The van der Waals surface area contributed by atoms with Crippen molar-refractivity contribution in [3.05, 3.63) is 35.9 Å². The Balaban J connectivity index is 1.18. The molecule has 0 aromatic heterocycles. The molecule has 6 rings (SSSR count). The van der Waals surface area contributed by atoms with Crippen LogP contribution in [0.25, 0.3) is 0 Å². The second-order valence-electron chi connectivity index (χ2n) is 18.0. The highest BCUT2D eigenvalue weighted by atomic mass is 28.4. The van der Waals surface area contributed by atoms with Gasteiger partial charge in [0.2, 0.25) is 5.91 Å². The highest BCUT2D eigenvalue weighted by Gasteiger charge is 2.65. The number of cyclic esters (lactones) is 1. The Labute approximate surface area is 281 Å². The molecule has 0 radical (unpaired) electrons. The lowest BCUT2D eigenvalue weighted by molar-refractivity contribution is -0.193. The minimum Gasteiger partial charge on any atom is -0.447 e. The van der Waals surface area contributed by atoms with Crippen LogP contribution < -0.4 is 0 Å². The summed E-state index contributed by atoms with van der Waals surface area (Å²) in [4.78, 5) is 27.7. The molecule has 1 heterocycles. The smallest absolute Gasteiger partial charge is 0.416 e. The number of amides is 2. The van der Waals surface area contributed by atoms with Crippen LogP contribution in [-0.4, -0.2) is 44.0 Å². The number of nitrogens with zero attached hydrogens (tertiary/aromatic N) is 1. The van der Waals surface area contributed by atoms with E-state index in [1.807, 2.05) is 18.2 Å². The molecule has 0 bridgehead atoms. The van der Waals surface area contributed by atoms with Gasteiger partial charge in [-0.05, 0) is 135 Å². The van der Waals surface area contributed by atoms with Crippen LogP contribution >= 0.6 is 0 Å². The number of carbonyl (C=O) groups is 2. The minimum atomic E-state index is -1.74. The summed E-state index contributed by atoms with van der Waals surface area (Å²) >= 11 is 0. The maximum atomic E-state index is 13.6. The van der Waals surface area contributed by atoms with E-state index in [1.54, 1.807) is 0 Å². The number of benzene rings is 1. The minimum absolute atomic E-state index is 0.0640.